The molecule has 0 amide bonds. The first kappa shape index (κ1) is 17.4. The first-order chi connectivity index (χ1) is 14.6. The molecule has 6 heteroatoms. The number of H-pyrrole nitrogens is 2. The first-order valence-electron chi connectivity index (χ1n) is 9.70. The van der Waals surface area contributed by atoms with Crippen molar-refractivity contribution in [1.29, 1.82) is 0 Å². The summed E-state index contributed by atoms with van der Waals surface area (Å²) in [6.45, 7) is 3.83. The Kier molecular flexibility index (Phi) is 3.61. The van der Waals surface area contributed by atoms with E-state index in [9.17, 15) is 4.39 Å². The zero-order valence-electron chi connectivity index (χ0n) is 16.4. The molecule has 3 aromatic heterocycles. The molecule has 30 heavy (non-hydrogen) atoms. The average Bonchev–Trinajstić information content (AvgIpc) is 3.42. The van der Waals surface area contributed by atoms with E-state index in [2.05, 4.69) is 50.3 Å². The molecule has 146 valence electrons. The molecule has 0 radical (unpaired) electrons. The van der Waals surface area contributed by atoms with Gasteiger partial charge in [0.2, 0.25) is 0 Å². The van der Waals surface area contributed by atoms with Crippen molar-refractivity contribution in [3.8, 4) is 22.4 Å². The molecule has 6 aromatic rings. The molecule has 4 nitrogen and oxygen atoms in total. The Hall–Kier alpha value is -3.51. The molecule has 0 unspecified atom stereocenters. The molecule has 0 bridgehead atoms. The van der Waals surface area contributed by atoms with Crippen LogP contribution in [0.5, 0.6) is 0 Å². The Morgan fingerprint density at radius 1 is 0.867 bits per heavy atom. The molecular weight excluding hydrogens is 395 g/mol. The average molecular weight is 412 g/mol. The third kappa shape index (κ3) is 2.57. The van der Waals surface area contributed by atoms with Gasteiger partial charge in [-0.2, -0.15) is 0 Å². The molecular formula is C24H17FN4S. The van der Waals surface area contributed by atoms with Gasteiger partial charge in [-0.3, -0.25) is 0 Å². The van der Waals surface area contributed by atoms with E-state index in [1.807, 2.05) is 26.0 Å². The van der Waals surface area contributed by atoms with Crippen LogP contribution in [-0.2, 0) is 0 Å². The molecule has 0 fully saturated rings. The quantitative estimate of drug-likeness (QED) is 0.331. The van der Waals surface area contributed by atoms with Crippen LogP contribution >= 0.6 is 11.3 Å². The van der Waals surface area contributed by atoms with E-state index in [4.69, 9.17) is 0 Å². The van der Waals surface area contributed by atoms with Crippen LogP contribution < -0.4 is 0 Å². The number of aryl methyl sites for hydroxylation is 2. The Labute approximate surface area is 175 Å². The van der Waals surface area contributed by atoms with Crippen LogP contribution in [0.4, 0.5) is 4.39 Å². The van der Waals surface area contributed by atoms with Crippen molar-refractivity contribution in [3.05, 3.63) is 72.2 Å². The summed E-state index contributed by atoms with van der Waals surface area (Å²) in [5.74, 6) is 1.42. The smallest absolute Gasteiger partial charge is 0.133 e. The summed E-state index contributed by atoms with van der Waals surface area (Å²) < 4.78 is 17.2. The Bertz CT molecular complexity index is 1590. The predicted octanol–water partition coefficient (Wildman–Crippen LogP) is 6.74. The van der Waals surface area contributed by atoms with E-state index < -0.39 is 0 Å². The van der Waals surface area contributed by atoms with Crippen molar-refractivity contribution in [2.24, 2.45) is 0 Å². The number of nitrogens with one attached hydrogen (secondary N) is 2. The molecule has 0 aliphatic heterocycles. The number of imidazole rings is 2. The summed E-state index contributed by atoms with van der Waals surface area (Å²) in [5, 5.41) is 2.41. The first-order valence-corrected chi connectivity index (χ1v) is 10.5. The van der Waals surface area contributed by atoms with Crippen LogP contribution in [0, 0.1) is 19.7 Å². The fraction of sp³-hybridized carbons (Fsp3) is 0.0833. The lowest BCUT2D eigenvalue weighted by molar-refractivity contribution is 0.631. The largest absolute Gasteiger partial charge is 0.342 e. The monoisotopic (exact) mass is 412 g/mol. The Morgan fingerprint density at radius 3 is 2.47 bits per heavy atom. The van der Waals surface area contributed by atoms with Gasteiger partial charge in [0.25, 0.3) is 0 Å². The number of aromatic nitrogens is 4. The van der Waals surface area contributed by atoms with Crippen molar-refractivity contribution >= 4 is 42.5 Å². The minimum atomic E-state index is -0.263. The number of nitrogens with zero attached hydrogens (tertiary/aromatic N) is 2. The van der Waals surface area contributed by atoms with Gasteiger partial charge in [-0.1, -0.05) is 24.3 Å². The van der Waals surface area contributed by atoms with E-state index in [1.165, 1.54) is 20.2 Å². The van der Waals surface area contributed by atoms with Crippen molar-refractivity contribution in [2.75, 3.05) is 0 Å². The number of fused-ring (bicyclic) bond motifs is 5. The number of thiophene rings is 1. The fourth-order valence-corrected chi connectivity index (χ4v) is 5.31. The number of rotatable bonds is 2. The lowest BCUT2D eigenvalue weighted by Gasteiger charge is -2.06. The van der Waals surface area contributed by atoms with Crippen LogP contribution in [-0.4, -0.2) is 19.9 Å². The third-order valence-corrected chi connectivity index (χ3v) is 6.68. The van der Waals surface area contributed by atoms with Crippen molar-refractivity contribution in [2.45, 2.75) is 13.8 Å². The van der Waals surface area contributed by atoms with Gasteiger partial charge in [0, 0.05) is 21.0 Å². The van der Waals surface area contributed by atoms with E-state index in [0.29, 0.717) is 11.3 Å². The fourth-order valence-electron chi connectivity index (χ4n) is 4.08. The SMILES string of the molecule is Cc1ncc(-c2ccc(-c3ccc4c(c3)sc3c4ccc4[nH]c(C)nc43)cc2F)[nH]1. The molecule has 0 spiro atoms. The van der Waals surface area contributed by atoms with E-state index in [1.54, 1.807) is 23.6 Å². The summed E-state index contributed by atoms with van der Waals surface area (Å²) in [7, 11) is 0. The van der Waals surface area contributed by atoms with Gasteiger partial charge in [-0.15, -0.1) is 11.3 Å². The number of halogens is 1. The zero-order chi connectivity index (χ0) is 20.4. The molecule has 0 saturated heterocycles. The zero-order valence-corrected chi connectivity index (χ0v) is 17.2. The van der Waals surface area contributed by atoms with Gasteiger partial charge in [-0.05, 0) is 49.2 Å². The van der Waals surface area contributed by atoms with Crippen molar-refractivity contribution in [1.82, 2.24) is 19.9 Å². The highest BCUT2D eigenvalue weighted by molar-refractivity contribution is 7.26. The summed E-state index contributed by atoms with van der Waals surface area (Å²) in [5.41, 5.74) is 5.13. The molecule has 2 N–H and O–H groups in total. The standard InChI is InChI=1S/C24H17FN4S/c1-12-26-11-21(27-12)18-6-4-14(9-19(18)25)15-3-5-16-17-7-8-20-23(29-13(2)28-20)24(17)30-22(16)10-15/h3-11H,1-2H3,(H,26,27)(H,28,29). The van der Waals surface area contributed by atoms with Crippen LogP contribution in [0.15, 0.2) is 54.7 Å². The normalized spacial score (nSPS) is 11.8. The molecule has 3 heterocycles. The van der Waals surface area contributed by atoms with Gasteiger partial charge >= 0.3 is 0 Å². The summed E-state index contributed by atoms with van der Waals surface area (Å²) in [6.07, 6.45) is 1.66. The lowest BCUT2D eigenvalue weighted by Crippen LogP contribution is -1.87. The molecule has 0 atom stereocenters. The van der Waals surface area contributed by atoms with Crippen molar-refractivity contribution < 1.29 is 4.39 Å². The molecule has 0 saturated carbocycles. The summed E-state index contributed by atoms with van der Waals surface area (Å²) in [4.78, 5) is 15.2. The van der Waals surface area contributed by atoms with E-state index in [0.717, 1.165) is 33.8 Å². The highest BCUT2D eigenvalue weighted by Crippen LogP contribution is 2.39. The highest BCUT2D eigenvalue weighted by Gasteiger charge is 2.13. The number of benzene rings is 3. The van der Waals surface area contributed by atoms with Gasteiger partial charge in [0.15, 0.2) is 0 Å². The third-order valence-electron chi connectivity index (χ3n) is 5.51. The lowest BCUT2D eigenvalue weighted by atomic mass is 10.0. The van der Waals surface area contributed by atoms with Crippen LogP contribution in [0.2, 0.25) is 0 Å². The maximum atomic E-state index is 14.8. The molecule has 0 aliphatic carbocycles. The van der Waals surface area contributed by atoms with Crippen molar-refractivity contribution in [3.63, 3.8) is 0 Å². The number of hydrogen-bond acceptors (Lipinski definition) is 3. The minimum absolute atomic E-state index is 0.263. The van der Waals surface area contributed by atoms with E-state index >= 15 is 0 Å². The van der Waals surface area contributed by atoms with Crippen LogP contribution in [0.25, 0.3) is 53.6 Å². The Morgan fingerprint density at radius 2 is 1.67 bits per heavy atom. The summed E-state index contributed by atoms with van der Waals surface area (Å²) >= 11 is 1.73. The second kappa shape index (κ2) is 6.24. The number of aromatic amines is 2. The molecule has 3 aromatic carbocycles. The van der Waals surface area contributed by atoms with E-state index in [-0.39, 0.29) is 5.82 Å². The molecule has 0 aliphatic rings. The second-order valence-electron chi connectivity index (χ2n) is 7.55. The maximum absolute atomic E-state index is 14.8. The van der Waals surface area contributed by atoms with Gasteiger partial charge in [0.1, 0.15) is 23.0 Å². The topological polar surface area (TPSA) is 57.4 Å². The molecule has 6 rings (SSSR count). The van der Waals surface area contributed by atoms with Gasteiger partial charge in [0.05, 0.1) is 22.1 Å². The van der Waals surface area contributed by atoms with Crippen LogP contribution in [0.3, 0.4) is 0 Å². The summed E-state index contributed by atoms with van der Waals surface area (Å²) in [6, 6.07) is 15.9. The number of hydrogen-bond donors (Lipinski definition) is 2. The maximum Gasteiger partial charge on any atom is 0.133 e. The van der Waals surface area contributed by atoms with Gasteiger partial charge < -0.3 is 9.97 Å². The second-order valence-corrected chi connectivity index (χ2v) is 8.60. The van der Waals surface area contributed by atoms with Gasteiger partial charge in [-0.25, -0.2) is 14.4 Å². The van der Waals surface area contributed by atoms with Crippen LogP contribution in [0.1, 0.15) is 11.6 Å². The predicted molar refractivity (Wildman–Crippen MR) is 121 cm³/mol. The Balaban J connectivity index is 1.48. The highest BCUT2D eigenvalue weighted by atomic mass is 32.1. The minimum Gasteiger partial charge on any atom is -0.342 e.